The summed E-state index contributed by atoms with van der Waals surface area (Å²) in [6.07, 6.45) is 2.96. The Balaban J connectivity index is 1.97. The molecule has 2 rings (SSSR count). The number of amides is 1. The third-order valence-corrected chi connectivity index (χ3v) is 6.15. The molecule has 1 saturated heterocycles. The Labute approximate surface area is 126 Å². The summed E-state index contributed by atoms with van der Waals surface area (Å²) >= 11 is 0.660. The Morgan fingerprint density at radius 1 is 1.24 bits per heavy atom. The Hall–Kier alpha value is -1.45. The van der Waals surface area contributed by atoms with E-state index in [1.807, 2.05) is 0 Å². The first kappa shape index (κ1) is 15.9. The third-order valence-electron chi connectivity index (χ3n) is 3.18. The molecule has 2 heterocycles. The van der Waals surface area contributed by atoms with Crippen LogP contribution in [0.15, 0.2) is 16.3 Å². The number of piperidine rings is 1. The summed E-state index contributed by atoms with van der Waals surface area (Å²) in [6, 6.07) is 2.45. The summed E-state index contributed by atoms with van der Waals surface area (Å²) in [5.74, 6) is -1.43. The van der Waals surface area contributed by atoms with Gasteiger partial charge >= 0.3 is 5.97 Å². The number of thiophene rings is 1. The first-order valence-electron chi connectivity index (χ1n) is 6.51. The third kappa shape index (κ3) is 4.02. The van der Waals surface area contributed by atoms with Gasteiger partial charge in [0.2, 0.25) is 5.91 Å². The average Bonchev–Trinajstić information content (AvgIpc) is 2.97. The van der Waals surface area contributed by atoms with Gasteiger partial charge in [-0.25, -0.2) is 17.9 Å². The van der Waals surface area contributed by atoms with Gasteiger partial charge in [0.25, 0.3) is 10.0 Å². The molecule has 7 nitrogen and oxygen atoms in total. The molecule has 0 aliphatic carbocycles. The fourth-order valence-corrected chi connectivity index (χ4v) is 4.23. The summed E-state index contributed by atoms with van der Waals surface area (Å²) in [4.78, 5) is 24.2. The second-order valence-electron chi connectivity index (χ2n) is 4.69. The van der Waals surface area contributed by atoms with Crippen LogP contribution in [0.3, 0.4) is 0 Å². The summed E-state index contributed by atoms with van der Waals surface area (Å²) in [7, 11) is -3.85. The van der Waals surface area contributed by atoms with E-state index in [0.717, 1.165) is 19.3 Å². The standard InChI is InChI=1S/C12H16N2O5S2/c15-10(14-6-2-1-3-7-14)8-13-21(18,19)11-5-4-9(20-11)12(16)17/h4-5,13H,1-3,6-8H2,(H,16,17). The number of rotatable bonds is 5. The number of nitrogens with one attached hydrogen (secondary N) is 1. The van der Waals surface area contributed by atoms with Crippen LogP contribution in [0.25, 0.3) is 0 Å². The van der Waals surface area contributed by atoms with Crippen LogP contribution < -0.4 is 4.72 Å². The van der Waals surface area contributed by atoms with Crippen LogP contribution >= 0.6 is 11.3 Å². The summed E-state index contributed by atoms with van der Waals surface area (Å²) < 4.78 is 26.1. The number of aromatic carboxylic acids is 1. The maximum absolute atomic E-state index is 12.0. The van der Waals surface area contributed by atoms with Crippen LogP contribution in [0, 0.1) is 0 Å². The molecule has 0 atom stereocenters. The fourth-order valence-electron chi connectivity index (χ4n) is 2.06. The molecule has 0 bridgehead atoms. The quantitative estimate of drug-likeness (QED) is 0.827. The normalized spacial score (nSPS) is 15.9. The molecule has 1 aliphatic heterocycles. The number of hydrogen-bond acceptors (Lipinski definition) is 5. The molecule has 9 heteroatoms. The number of sulfonamides is 1. The Morgan fingerprint density at radius 2 is 1.90 bits per heavy atom. The van der Waals surface area contributed by atoms with E-state index < -0.39 is 16.0 Å². The van der Waals surface area contributed by atoms with E-state index >= 15 is 0 Å². The second-order valence-corrected chi connectivity index (χ2v) is 7.77. The van der Waals surface area contributed by atoms with E-state index in [4.69, 9.17) is 5.11 Å². The van der Waals surface area contributed by atoms with Crippen molar-refractivity contribution in [3.63, 3.8) is 0 Å². The molecular weight excluding hydrogens is 316 g/mol. The number of carboxylic acids is 1. The lowest BCUT2D eigenvalue weighted by atomic mass is 10.1. The second kappa shape index (κ2) is 6.54. The number of carboxylic acid groups (broad SMARTS) is 1. The molecule has 0 spiro atoms. The largest absolute Gasteiger partial charge is 0.477 e. The molecule has 0 aromatic carbocycles. The molecule has 116 valence electrons. The fraction of sp³-hybridized carbons (Fsp3) is 0.500. The van der Waals surface area contributed by atoms with Crippen molar-refractivity contribution in [3.05, 3.63) is 17.0 Å². The highest BCUT2D eigenvalue weighted by atomic mass is 32.2. The van der Waals surface area contributed by atoms with Gasteiger partial charge in [-0.05, 0) is 31.4 Å². The number of nitrogens with zero attached hydrogens (tertiary/aromatic N) is 1. The van der Waals surface area contributed by atoms with Crippen molar-refractivity contribution in [1.29, 1.82) is 0 Å². The van der Waals surface area contributed by atoms with Crippen LogP contribution in [0.4, 0.5) is 0 Å². The smallest absolute Gasteiger partial charge is 0.345 e. The molecule has 0 radical (unpaired) electrons. The highest BCUT2D eigenvalue weighted by Gasteiger charge is 2.22. The summed E-state index contributed by atoms with van der Waals surface area (Å²) in [6.45, 7) is 1.01. The highest BCUT2D eigenvalue weighted by molar-refractivity contribution is 7.91. The molecule has 1 aromatic heterocycles. The summed E-state index contributed by atoms with van der Waals surface area (Å²) in [5.41, 5.74) is 0. The lowest BCUT2D eigenvalue weighted by Gasteiger charge is -2.26. The van der Waals surface area contributed by atoms with Gasteiger partial charge in [0.05, 0.1) is 6.54 Å². The minimum absolute atomic E-state index is 0.0577. The Bertz CT molecular complexity index is 632. The molecule has 1 amide bonds. The lowest BCUT2D eigenvalue weighted by molar-refractivity contribution is -0.130. The summed E-state index contributed by atoms with van der Waals surface area (Å²) in [5, 5.41) is 8.79. The van der Waals surface area contributed by atoms with Crippen molar-refractivity contribution < 1.29 is 23.1 Å². The van der Waals surface area contributed by atoms with Gasteiger partial charge < -0.3 is 10.0 Å². The molecule has 0 unspecified atom stereocenters. The van der Waals surface area contributed by atoms with Crippen molar-refractivity contribution in [2.24, 2.45) is 0 Å². The molecule has 1 aliphatic rings. The molecule has 1 aromatic rings. The van der Waals surface area contributed by atoms with Crippen molar-refractivity contribution in [3.8, 4) is 0 Å². The zero-order chi connectivity index (χ0) is 15.5. The zero-order valence-electron chi connectivity index (χ0n) is 11.2. The van der Waals surface area contributed by atoms with Crippen molar-refractivity contribution in [2.45, 2.75) is 23.5 Å². The molecule has 0 saturated carbocycles. The van der Waals surface area contributed by atoms with Crippen molar-refractivity contribution >= 4 is 33.2 Å². The first-order chi connectivity index (χ1) is 9.90. The SMILES string of the molecule is O=C(O)c1ccc(S(=O)(=O)NCC(=O)N2CCCCC2)s1. The van der Waals surface area contributed by atoms with Gasteiger partial charge in [0.15, 0.2) is 0 Å². The monoisotopic (exact) mass is 332 g/mol. The average molecular weight is 332 g/mol. The topological polar surface area (TPSA) is 104 Å². The van der Waals surface area contributed by atoms with Gasteiger partial charge in [-0.1, -0.05) is 0 Å². The van der Waals surface area contributed by atoms with E-state index in [-0.39, 0.29) is 21.5 Å². The number of hydrogen-bond donors (Lipinski definition) is 2. The van der Waals surface area contributed by atoms with E-state index in [1.165, 1.54) is 12.1 Å². The predicted molar refractivity (Wildman–Crippen MR) is 76.9 cm³/mol. The van der Waals surface area contributed by atoms with E-state index in [2.05, 4.69) is 4.72 Å². The van der Waals surface area contributed by atoms with E-state index in [1.54, 1.807) is 4.90 Å². The molecule has 1 fully saturated rings. The number of carbonyl (C=O) groups excluding carboxylic acids is 1. The molecular formula is C12H16N2O5S2. The molecule has 2 N–H and O–H groups in total. The maximum atomic E-state index is 12.0. The Morgan fingerprint density at radius 3 is 2.48 bits per heavy atom. The number of likely N-dealkylation sites (tertiary alicyclic amines) is 1. The van der Waals surface area contributed by atoms with Gasteiger partial charge in [0.1, 0.15) is 9.09 Å². The van der Waals surface area contributed by atoms with Gasteiger partial charge in [0, 0.05) is 13.1 Å². The van der Waals surface area contributed by atoms with Crippen LogP contribution in [0.1, 0.15) is 28.9 Å². The Kier molecular flexibility index (Phi) is 4.96. The van der Waals surface area contributed by atoms with Gasteiger partial charge in [-0.15, -0.1) is 11.3 Å². The lowest BCUT2D eigenvalue weighted by Crippen LogP contribution is -2.42. The van der Waals surface area contributed by atoms with E-state index in [0.29, 0.717) is 24.4 Å². The maximum Gasteiger partial charge on any atom is 0.345 e. The van der Waals surface area contributed by atoms with Gasteiger partial charge in [-0.2, -0.15) is 0 Å². The van der Waals surface area contributed by atoms with Gasteiger partial charge in [-0.3, -0.25) is 4.79 Å². The van der Waals surface area contributed by atoms with Crippen LogP contribution in [0.5, 0.6) is 0 Å². The minimum atomic E-state index is -3.85. The zero-order valence-corrected chi connectivity index (χ0v) is 12.9. The van der Waals surface area contributed by atoms with Crippen LogP contribution in [-0.2, 0) is 14.8 Å². The van der Waals surface area contributed by atoms with Crippen LogP contribution in [0.2, 0.25) is 0 Å². The highest BCUT2D eigenvalue weighted by Crippen LogP contribution is 2.21. The minimum Gasteiger partial charge on any atom is -0.477 e. The van der Waals surface area contributed by atoms with Crippen LogP contribution in [-0.4, -0.2) is 49.9 Å². The first-order valence-corrected chi connectivity index (χ1v) is 8.81. The number of carbonyl (C=O) groups is 2. The predicted octanol–water partition coefficient (Wildman–Crippen LogP) is 0.737. The molecule has 21 heavy (non-hydrogen) atoms. The van der Waals surface area contributed by atoms with Crippen molar-refractivity contribution in [2.75, 3.05) is 19.6 Å². The van der Waals surface area contributed by atoms with E-state index in [9.17, 15) is 18.0 Å². The van der Waals surface area contributed by atoms with Crippen molar-refractivity contribution in [1.82, 2.24) is 9.62 Å².